The molecule has 0 amide bonds. The lowest BCUT2D eigenvalue weighted by Gasteiger charge is -2.21. The van der Waals surface area contributed by atoms with Gasteiger partial charge in [-0.3, -0.25) is 0 Å². The van der Waals surface area contributed by atoms with Crippen LogP contribution in [0, 0.1) is 5.82 Å². The molecular weight excluding hydrogens is 245 g/mol. The average Bonchev–Trinajstić information content (AvgIpc) is 2.39. The van der Waals surface area contributed by atoms with Gasteiger partial charge in [0.25, 0.3) is 0 Å². The zero-order valence-electron chi connectivity index (χ0n) is 12.2. The van der Waals surface area contributed by atoms with Crippen LogP contribution in [-0.4, -0.2) is 26.4 Å². The van der Waals surface area contributed by atoms with Gasteiger partial charge in [-0.2, -0.15) is 0 Å². The first-order chi connectivity index (χ1) is 9.08. The fourth-order valence-electron chi connectivity index (χ4n) is 1.78. The second-order valence-corrected chi connectivity index (χ2v) is 4.78. The van der Waals surface area contributed by atoms with Crippen molar-refractivity contribution in [3.63, 3.8) is 0 Å². The lowest BCUT2D eigenvalue weighted by Crippen LogP contribution is -2.28. The number of ether oxygens (including phenoxy) is 2. The largest absolute Gasteiger partial charge is 0.497 e. The highest BCUT2D eigenvalue weighted by molar-refractivity contribution is 5.31. The van der Waals surface area contributed by atoms with Gasteiger partial charge in [0.2, 0.25) is 0 Å². The van der Waals surface area contributed by atoms with Crippen LogP contribution < -0.4 is 10.1 Å². The maximum atomic E-state index is 14.1. The molecule has 3 nitrogen and oxygen atoms in total. The highest BCUT2D eigenvalue weighted by atomic mass is 19.1. The first-order valence-corrected chi connectivity index (χ1v) is 6.76. The summed E-state index contributed by atoms with van der Waals surface area (Å²) in [4.78, 5) is 0. The standard InChI is InChI=1S/C15H24FNO2/c1-5-8-17-15(10-19-11(2)3)13-7-6-12(18-4)9-14(13)16/h6-7,9,11,15,17H,5,8,10H2,1-4H3. The molecule has 1 atom stereocenters. The molecule has 0 saturated heterocycles. The molecular formula is C15H24FNO2. The second kappa shape index (κ2) is 8.12. The van der Waals surface area contributed by atoms with Crippen LogP contribution in [0.4, 0.5) is 4.39 Å². The maximum absolute atomic E-state index is 14.1. The van der Waals surface area contributed by atoms with E-state index in [9.17, 15) is 4.39 Å². The van der Waals surface area contributed by atoms with Gasteiger partial charge in [0, 0.05) is 11.6 Å². The third-order valence-corrected chi connectivity index (χ3v) is 2.82. The number of nitrogens with one attached hydrogen (secondary N) is 1. The fraction of sp³-hybridized carbons (Fsp3) is 0.600. The molecule has 1 aromatic carbocycles. The molecule has 0 aromatic heterocycles. The molecule has 1 unspecified atom stereocenters. The van der Waals surface area contributed by atoms with Gasteiger partial charge in [-0.25, -0.2) is 4.39 Å². The van der Waals surface area contributed by atoms with Gasteiger partial charge in [0.15, 0.2) is 0 Å². The van der Waals surface area contributed by atoms with Gasteiger partial charge in [0.1, 0.15) is 11.6 Å². The van der Waals surface area contributed by atoms with Crippen molar-refractivity contribution in [2.75, 3.05) is 20.3 Å². The minimum Gasteiger partial charge on any atom is -0.497 e. The summed E-state index contributed by atoms with van der Waals surface area (Å²) in [6, 6.07) is 4.80. The van der Waals surface area contributed by atoms with E-state index in [0.717, 1.165) is 13.0 Å². The first kappa shape index (κ1) is 15.9. The van der Waals surface area contributed by atoms with E-state index in [4.69, 9.17) is 9.47 Å². The van der Waals surface area contributed by atoms with Crippen molar-refractivity contribution in [2.24, 2.45) is 0 Å². The molecule has 108 valence electrons. The molecule has 0 aliphatic rings. The molecule has 1 rings (SSSR count). The van der Waals surface area contributed by atoms with Crippen LogP contribution in [0.15, 0.2) is 18.2 Å². The SMILES string of the molecule is CCCNC(COC(C)C)c1ccc(OC)cc1F. The van der Waals surface area contributed by atoms with Crippen LogP contribution in [0.2, 0.25) is 0 Å². The number of halogens is 1. The fourth-order valence-corrected chi connectivity index (χ4v) is 1.78. The van der Waals surface area contributed by atoms with E-state index in [1.54, 1.807) is 12.1 Å². The molecule has 0 fully saturated rings. The topological polar surface area (TPSA) is 30.5 Å². The number of benzene rings is 1. The Morgan fingerprint density at radius 2 is 2.05 bits per heavy atom. The van der Waals surface area contributed by atoms with Gasteiger partial charge in [-0.1, -0.05) is 13.0 Å². The molecule has 1 aromatic rings. The van der Waals surface area contributed by atoms with Gasteiger partial charge in [-0.05, 0) is 32.9 Å². The Bertz CT molecular complexity index is 382. The third kappa shape index (κ3) is 5.17. The Hall–Kier alpha value is -1.13. The Labute approximate surface area is 115 Å². The lowest BCUT2D eigenvalue weighted by atomic mass is 10.1. The Morgan fingerprint density at radius 3 is 2.58 bits per heavy atom. The van der Waals surface area contributed by atoms with E-state index in [0.29, 0.717) is 17.9 Å². The number of methoxy groups -OCH3 is 1. The van der Waals surface area contributed by atoms with Crippen molar-refractivity contribution in [1.29, 1.82) is 0 Å². The molecule has 0 bridgehead atoms. The summed E-state index contributed by atoms with van der Waals surface area (Å²) >= 11 is 0. The van der Waals surface area contributed by atoms with Crippen LogP contribution >= 0.6 is 0 Å². The van der Waals surface area contributed by atoms with Crippen molar-refractivity contribution in [1.82, 2.24) is 5.32 Å². The van der Waals surface area contributed by atoms with Crippen LogP contribution in [0.3, 0.4) is 0 Å². The van der Waals surface area contributed by atoms with Gasteiger partial charge in [-0.15, -0.1) is 0 Å². The van der Waals surface area contributed by atoms with Crippen molar-refractivity contribution < 1.29 is 13.9 Å². The monoisotopic (exact) mass is 269 g/mol. The molecule has 0 spiro atoms. The molecule has 0 radical (unpaired) electrons. The maximum Gasteiger partial charge on any atom is 0.131 e. The summed E-state index contributed by atoms with van der Waals surface area (Å²) in [5.74, 6) is 0.264. The van der Waals surface area contributed by atoms with Crippen LogP contribution in [0.5, 0.6) is 5.75 Å². The number of rotatable bonds is 8. The first-order valence-electron chi connectivity index (χ1n) is 6.76. The quantitative estimate of drug-likeness (QED) is 0.785. The van der Waals surface area contributed by atoms with E-state index < -0.39 is 0 Å². The van der Waals surface area contributed by atoms with Crippen LogP contribution in [-0.2, 0) is 4.74 Å². The summed E-state index contributed by atoms with van der Waals surface area (Å²) in [5.41, 5.74) is 0.620. The highest BCUT2D eigenvalue weighted by Gasteiger charge is 2.16. The third-order valence-electron chi connectivity index (χ3n) is 2.82. The Balaban J connectivity index is 2.82. The summed E-state index contributed by atoms with van der Waals surface area (Å²) in [6.07, 6.45) is 1.13. The minimum absolute atomic E-state index is 0.131. The Kier molecular flexibility index (Phi) is 6.81. The predicted octanol–water partition coefficient (Wildman–Crippen LogP) is 3.30. The highest BCUT2D eigenvalue weighted by Crippen LogP contribution is 2.22. The normalized spacial score (nSPS) is 12.7. The van der Waals surface area contributed by atoms with E-state index >= 15 is 0 Å². The molecule has 1 N–H and O–H groups in total. The van der Waals surface area contributed by atoms with Crippen molar-refractivity contribution >= 4 is 0 Å². The molecule has 0 aliphatic carbocycles. The van der Waals surface area contributed by atoms with Crippen LogP contribution in [0.1, 0.15) is 38.8 Å². The summed E-state index contributed by atoms with van der Waals surface area (Å²) in [6.45, 7) is 7.32. The second-order valence-electron chi connectivity index (χ2n) is 4.78. The van der Waals surface area contributed by atoms with E-state index in [1.165, 1.54) is 13.2 Å². The van der Waals surface area contributed by atoms with E-state index in [-0.39, 0.29) is 18.0 Å². The molecule has 19 heavy (non-hydrogen) atoms. The zero-order chi connectivity index (χ0) is 14.3. The lowest BCUT2D eigenvalue weighted by molar-refractivity contribution is 0.0604. The smallest absolute Gasteiger partial charge is 0.131 e. The van der Waals surface area contributed by atoms with Gasteiger partial charge in [0.05, 0.1) is 25.9 Å². The van der Waals surface area contributed by atoms with Crippen LogP contribution in [0.25, 0.3) is 0 Å². The van der Waals surface area contributed by atoms with Crippen molar-refractivity contribution in [2.45, 2.75) is 39.3 Å². The summed E-state index contributed by atoms with van der Waals surface area (Å²) < 4.78 is 24.7. The summed E-state index contributed by atoms with van der Waals surface area (Å²) in [7, 11) is 1.53. The van der Waals surface area contributed by atoms with Gasteiger partial charge < -0.3 is 14.8 Å². The van der Waals surface area contributed by atoms with E-state index in [1.807, 2.05) is 13.8 Å². The molecule has 0 aliphatic heterocycles. The molecule has 0 heterocycles. The summed E-state index contributed by atoms with van der Waals surface area (Å²) in [5, 5.41) is 3.31. The van der Waals surface area contributed by atoms with Crippen molar-refractivity contribution in [3.05, 3.63) is 29.6 Å². The van der Waals surface area contributed by atoms with E-state index in [2.05, 4.69) is 12.2 Å². The molecule has 4 heteroatoms. The molecule has 0 saturated carbocycles. The van der Waals surface area contributed by atoms with Crippen molar-refractivity contribution in [3.8, 4) is 5.75 Å². The number of hydrogen-bond donors (Lipinski definition) is 1. The zero-order valence-corrected chi connectivity index (χ0v) is 12.2. The Morgan fingerprint density at radius 1 is 1.32 bits per heavy atom. The predicted molar refractivity (Wildman–Crippen MR) is 75.1 cm³/mol. The minimum atomic E-state index is -0.264. The van der Waals surface area contributed by atoms with Gasteiger partial charge >= 0.3 is 0 Å². The average molecular weight is 269 g/mol. The number of hydrogen-bond acceptors (Lipinski definition) is 3.